The quantitative estimate of drug-likeness (QED) is 0.925. The van der Waals surface area contributed by atoms with Crippen LogP contribution in [0.3, 0.4) is 0 Å². The SMILES string of the molecule is CC1CN(C)C(C)CC1Nc1cc(S(C)(=O)=O)ccc1Cl. The Kier molecular flexibility index (Phi) is 4.85. The maximum absolute atomic E-state index is 11.7. The summed E-state index contributed by atoms with van der Waals surface area (Å²) < 4.78 is 23.3. The van der Waals surface area contributed by atoms with Crippen molar-refractivity contribution in [1.29, 1.82) is 0 Å². The Balaban J connectivity index is 2.23. The van der Waals surface area contributed by atoms with Gasteiger partial charge in [-0.25, -0.2) is 8.42 Å². The number of hydrogen-bond acceptors (Lipinski definition) is 4. The minimum Gasteiger partial charge on any atom is -0.381 e. The second kappa shape index (κ2) is 6.15. The summed E-state index contributed by atoms with van der Waals surface area (Å²) in [6.07, 6.45) is 2.22. The molecule has 1 aliphatic heterocycles. The van der Waals surface area contributed by atoms with Gasteiger partial charge < -0.3 is 10.2 Å². The molecule has 1 N–H and O–H groups in total. The number of piperidine rings is 1. The van der Waals surface area contributed by atoms with E-state index in [1.807, 2.05) is 0 Å². The molecule has 2 rings (SSSR count). The third-order valence-electron chi connectivity index (χ3n) is 4.32. The Bertz CT molecular complexity index is 618. The molecular weight excluding hydrogens is 308 g/mol. The van der Waals surface area contributed by atoms with E-state index in [4.69, 9.17) is 11.6 Å². The van der Waals surface area contributed by atoms with Crippen molar-refractivity contribution < 1.29 is 8.42 Å². The number of nitrogens with one attached hydrogen (secondary N) is 1. The van der Waals surface area contributed by atoms with E-state index < -0.39 is 9.84 Å². The highest BCUT2D eigenvalue weighted by atomic mass is 35.5. The monoisotopic (exact) mass is 330 g/mol. The predicted molar refractivity (Wildman–Crippen MR) is 87.8 cm³/mol. The molecule has 3 unspecified atom stereocenters. The summed E-state index contributed by atoms with van der Waals surface area (Å²) in [5.74, 6) is 0.476. The molecule has 1 aromatic rings. The van der Waals surface area contributed by atoms with Crippen LogP contribution in [0.1, 0.15) is 20.3 Å². The van der Waals surface area contributed by atoms with E-state index in [1.165, 1.54) is 6.26 Å². The van der Waals surface area contributed by atoms with Gasteiger partial charge in [-0.15, -0.1) is 0 Å². The fraction of sp³-hybridized carbons (Fsp3) is 0.600. The van der Waals surface area contributed by atoms with Crippen LogP contribution in [0.4, 0.5) is 5.69 Å². The maximum atomic E-state index is 11.7. The second-order valence-electron chi connectivity index (χ2n) is 6.17. The van der Waals surface area contributed by atoms with Gasteiger partial charge >= 0.3 is 0 Å². The minimum absolute atomic E-state index is 0.294. The highest BCUT2D eigenvalue weighted by molar-refractivity contribution is 7.90. The molecular formula is C15H23ClN2O2S. The van der Waals surface area contributed by atoms with Crippen molar-refractivity contribution in [3.8, 4) is 0 Å². The van der Waals surface area contributed by atoms with Gasteiger partial charge in [-0.05, 0) is 44.5 Å². The Morgan fingerprint density at radius 1 is 1.33 bits per heavy atom. The van der Waals surface area contributed by atoms with Crippen LogP contribution in [-0.2, 0) is 9.84 Å². The topological polar surface area (TPSA) is 49.4 Å². The highest BCUT2D eigenvalue weighted by Crippen LogP contribution is 2.30. The lowest BCUT2D eigenvalue weighted by atomic mass is 9.89. The maximum Gasteiger partial charge on any atom is 0.175 e. The summed E-state index contributed by atoms with van der Waals surface area (Å²) in [6.45, 7) is 5.42. The number of nitrogens with zero attached hydrogens (tertiary/aromatic N) is 1. The number of likely N-dealkylation sites (tertiary alicyclic amines) is 1. The summed E-state index contributed by atoms with van der Waals surface area (Å²) in [6, 6.07) is 5.61. The molecule has 0 amide bonds. The molecule has 1 aliphatic rings. The molecule has 0 aliphatic carbocycles. The van der Waals surface area contributed by atoms with Gasteiger partial charge in [0, 0.05) is 24.9 Å². The van der Waals surface area contributed by atoms with Crippen LogP contribution in [0.15, 0.2) is 23.1 Å². The van der Waals surface area contributed by atoms with E-state index in [1.54, 1.807) is 18.2 Å². The number of anilines is 1. The molecule has 0 aromatic heterocycles. The van der Waals surface area contributed by atoms with Crippen molar-refractivity contribution >= 4 is 27.1 Å². The normalized spacial score (nSPS) is 27.6. The van der Waals surface area contributed by atoms with E-state index in [2.05, 4.69) is 31.1 Å². The zero-order valence-electron chi connectivity index (χ0n) is 12.9. The van der Waals surface area contributed by atoms with Crippen LogP contribution in [-0.4, -0.2) is 45.2 Å². The number of rotatable bonds is 3. The second-order valence-corrected chi connectivity index (χ2v) is 8.59. The van der Waals surface area contributed by atoms with Crippen LogP contribution in [0.2, 0.25) is 5.02 Å². The van der Waals surface area contributed by atoms with Crippen molar-refractivity contribution in [2.45, 2.75) is 37.2 Å². The van der Waals surface area contributed by atoms with Crippen LogP contribution >= 0.6 is 11.6 Å². The smallest absolute Gasteiger partial charge is 0.175 e. The number of halogens is 1. The van der Waals surface area contributed by atoms with Gasteiger partial charge in [0.15, 0.2) is 9.84 Å². The zero-order valence-corrected chi connectivity index (χ0v) is 14.5. The molecule has 0 saturated carbocycles. The first-order valence-corrected chi connectivity index (χ1v) is 9.42. The molecule has 0 spiro atoms. The van der Waals surface area contributed by atoms with Crippen molar-refractivity contribution in [3.05, 3.63) is 23.2 Å². The molecule has 1 saturated heterocycles. The summed E-state index contributed by atoms with van der Waals surface area (Å²) in [5.41, 5.74) is 0.702. The largest absolute Gasteiger partial charge is 0.381 e. The summed E-state index contributed by atoms with van der Waals surface area (Å²) in [5, 5.41) is 4.00. The van der Waals surface area contributed by atoms with Crippen molar-refractivity contribution in [3.63, 3.8) is 0 Å². The van der Waals surface area contributed by atoms with E-state index in [-0.39, 0.29) is 0 Å². The third kappa shape index (κ3) is 3.90. The Morgan fingerprint density at radius 2 is 2.00 bits per heavy atom. The molecule has 3 atom stereocenters. The fourth-order valence-electron chi connectivity index (χ4n) is 2.79. The van der Waals surface area contributed by atoms with Gasteiger partial charge in [0.05, 0.1) is 15.6 Å². The van der Waals surface area contributed by atoms with E-state index in [0.717, 1.165) is 13.0 Å². The van der Waals surface area contributed by atoms with Gasteiger partial charge in [0.1, 0.15) is 0 Å². The minimum atomic E-state index is -3.22. The van der Waals surface area contributed by atoms with Gasteiger partial charge in [0.25, 0.3) is 0 Å². The summed E-state index contributed by atoms with van der Waals surface area (Å²) >= 11 is 6.21. The van der Waals surface area contributed by atoms with Crippen molar-refractivity contribution in [2.75, 3.05) is 25.2 Å². The van der Waals surface area contributed by atoms with E-state index in [0.29, 0.717) is 33.6 Å². The first-order valence-electron chi connectivity index (χ1n) is 7.15. The zero-order chi connectivity index (χ0) is 15.8. The first kappa shape index (κ1) is 16.6. The standard InChI is InChI=1S/C15H23ClN2O2S/c1-10-9-18(3)11(2)7-14(10)17-15-8-12(21(4,19)20)5-6-13(15)16/h5-6,8,10-11,14,17H,7,9H2,1-4H3. The Morgan fingerprint density at radius 3 is 2.62 bits per heavy atom. The third-order valence-corrected chi connectivity index (χ3v) is 5.76. The average Bonchev–Trinajstić information content (AvgIpc) is 2.37. The molecule has 0 bridgehead atoms. The van der Waals surface area contributed by atoms with Gasteiger partial charge in [-0.1, -0.05) is 18.5 Å². The van der Waals surface area contributed by atoms with Gasteiger partial charge in [0.2, 0.25) is 0 Å². The Labute approximate surface area is 132 Å². The lowest BCUT2D eigenvalue weighted by Gasteiger charge is -2.40. The molecule has 6 heteroatoms. The fourth-order valence-corrected chi connectivity index (χ4v) is 3.61. The molecule has 4 nitrogen and oxygen atoms in total. The van der Waals surface area contributed by atoms with Gasteiger partial charge in [-0.3, -0.25) is 0 Å². The van der Waals surface area contributed by atoms with Crippen LogP contribution < -0.4 is 5.32 Å². The lowest BCUT2D eigenvalue weighted by molar-refractivity contribution is 0.145. The van der Waals surface area contributed by atoms with Crippen molar-refractivity contribution in [2.24, 2.45) is 5.92 Å². The van der Waals surface area contributed by atoms with Crippen molar-refractivity contribution in [1.82, 2.24) is 4.90 Å². The van der Waals surface area contributed by atoms with Gasteiger partial charge in [-0.2, -0.15) is 0 Å². The van der Waals surface area contributed by atoms with Crippen LogP contribution in [0, 0.1) is 5.92 Å². The van der Waals surface area contributed by atoms with Crippen LogP contribution in [0.5, 0.6) is 0 Å². The van der Waals surface area contributed by atoms with Crippen LogP contribution in [0.25, 0.3) is 0 Å². The lowest BCUT2D eigenvalue weighted by Crippen LogP contribution is -2.48. The molecule has 1 heterocycles. The predicted octanol–water partition coefficient (Wildman–Crippen LogP) is 2.88. The number of sulfone groups is 1. The molecule has 118 valence electrons. The number of hydrogen-bond donors (Lipinski definition) is 1. The highest BCUT2D eigenvalue weighted by Gasteiger charge is 2.29. The summed E-state index contributed by atoms with van der Waals surface area (Å²) in [7, 11) is -1.09. The molecule has 0 radical (unpaired) electrons. The average molecular weight is 331 g/mol. The molecule has 1 aromatic carbocycles. The van der Waals surface area contributed by atoms with E-state index in [9.17, 15) is 8.42 Å². The summed E-state index contributed by atoms with van der Waals surface area (Å²) in [4.78, 5) is 2.64. The Hall–Kier alpha value is -0.780. The molecule has 21 heavy (non-hydrogen) atoms. The van der Waals surface area contributed by atoms with E-state index >= 15 is 0 Å². The number of benzene rings is 1. The molecule has 1 fully saturated rings. The first-order chi connectivity index (χ1) is 9.68.